The highest BCUT2D eigenvalue weighted by molar-refractivity contribution is 7.00. The van der Waals surface area contributed by atoms with E-state index in [1.54, 1.807) is 0 Å². The fraction of sp³-hybridized carbons (Fsp3) is 0.500. The van der Waals surface area contributed by atoms with Crippen LogP contribution in [0.5, 0.6) is 0 Å². The maximum absolute atomic E-state index is 12.0. The van der Waals surface area contributed by atoms with Crippen LogP contribution in [0.25, 0.3) is 0 Å². The molecular formula is C50H64O8Si2. The molecule has 4 aromatic carbocycles. The maximum atomic E-state index is 12.0. The van der Waals surface area contributed by atoms with Gasteiger partial charge in [0.05, 0.1) is 31.0 Å². The highest BCUT2D eigenvalue weighted by Crippen LogP contribution is 2.48. The average molecular weight is 849 g/mol. The molecule has 9 atom stereocenters. The van der Waals surface area contributed by atoms with Gasteiger partial charge < -0.3 is 37.3 Å². The van der Waals surface area contributed by atoms with Crippen molar-refractivity contribution in [1.29, 1.82) is 0 Å². The minimum Gasteiger partial charge on any atom is -0.399 e. The van der Waals surface area contributed by atoms with E-state index in [4.69, 9.17) is 32.5 Å². The van der Waals surface area contributed by atoms with Gasteiger partial charge in [-0.15, -0.1) is 0 Å². The number of carbonyl (C=O) groups is 1. The molecule has 4 heterocycles. The zero-order chi connectivity index (χ0) is 42.3. The molecule has 0 aromatic heterocycles. The fourth-order valence-corrected chi connectivity index (χ4v) is 20.0. The summed E-state index contributed by atoms with van der Waals surface area (Å²) in [4.78, 5) is 12.0. The average Bonchev–Trinajstić information content (AvgIpc) is 3.76. The molecule has 0 spiro atoms. The second kappa shape index (κ2) is 17.1. The van der Waals surface area contributed by atoms with Gasteiger partial charge in [-0.25, -0.2) is 0 Å². The summed E-state index contributed by atoms with van der Waals surface area (Å²) >= 11 is 0. The molecule has 60 heavy (non-hydrogen) atoms. The van der Waals surface area contributed by atoms with Crippen LogP contribution < -0.4 is 20.7 Å². The van der Waals surface area contributed by atoms with Gasteiger partial charge in [0.2, 0.25) is 0 Å². The molecule has 0 saturated carbocycles. The van der Waals surface area contributed by atoms with Crippen molar-refractivity contribution in [1.82, 2.24) is 0 Å². The lowest BCUT2D eigenvalue weighted by molar-refractivity contribution is -0.254. The molecule has 0 N–H and O–H groups in total. The number of fused-ring (bicyclic) bond motifs is 2. The molecule has 0 unspecified atom stereocenters. The number of carbonyl (C=O) groups excluding carboxylic acids is 1. The van der Waals surface area contributed by atoms with Gasteiger partial charge >= 0.3 is 0 Å². The molecule has 0 amide bonds. The van der Waals surface area contributed by atoms with Crippen LogP contribution in [0.2, 0.25) is 10.1 Å². The minimum absolute atomic E-state index is 0.207. The lowest BCUT2D eigenvalue weighted by atomic mass is 9.88. The second-order valence-corrected chi connectivity index (χ2v) is 28.2. The Morgan fingerprint density at radius 2 is 1.05 bits per heavy atom. The third-order valence-corrected chi connectivity index (χ3v) is 23.3. The van der Waals surface area contributed by atoms with Crippen molar-refractivity contribution in [3.8, 4) is 0 Å². The van der Waals surface area contributed by atoms with E-state index in [9.17, 15) is 4.79 Å². The van der Waals surface area contributed by atoms with Crippen LogP contribution in [0, 0.1) is 0 Å². The highest BCUT2D eigenvalue weighted by atomic mass is 28.4. The second-order valence-electron chi connectivity index (χ2n) is 19.7. The Balaban J connectivity index is 1.30. The molecule has 8 nitrogen and oxygen atoms in total. The summed E-state index contributed by atoms with van der Waals surface area (Å²) in [6.45, 7) is 18.2. The Hall–Kier alpha value is -3.30. The lowest BCUT2D eigenvalue weighted by Gasteiger charge is -2.53. The Morgan fingerprint density at radius 3 is 1.47 bits per heavy atom. The quantitative estimate of drug-likeness (QED) is 0.111. The number of benzene rings is 4. The maximum Gasteiger partial charge on any atom is 0.261 e. The van der Waals surface area contributed by atoms with E-state index in [1.807, 2.05) is 13.8 Å². The third kappa shape index (κ3) is 8.08. The van der Waals surface area contributed by atoms with Gasteiger partial charge in [0.25, 0.3) is 16.6 Å². The minimum atomic E-state index is -3.16. The smallest absolute Gasteiger partial charge is 0.261 e. The predicted molar refractivity (Wildman–Crippen MR) is 240 cm³/mol. The normalized spacial score (nSPS) is 29.4. The van der Waals surface area contributed by atoms with Crippen molar-refractivity contribution in [3.05, 3.63) is 121 Å². The fourth-order valence-electron chi connectivity index (χ4n) is 10.6. The van der Waals surface area contributed by atoms with Gasteiger partial charge in [0.1, 0.15) is 36.8 Å². The summed E-state index contributed by atoms with van der Waals surface area (Å²) < 4.78 is 50.7. The van der Waals surface area contributed by atoms with Crippen LogP contribution in [-0.4, -0.2) is 90.3 Å². The Bertz CT molecular complexity index is 1940. The molecule has 0 bridgehead atoms. The zero-order valence-corrected chi connectivity index (χ0v) is 38.6. The van der Waals surface area contributed by atoms with Crippen LogP contribution in [0.15, 0.2) is 121 Å². The van der Waals surface area contributed by atoms with Crippen LogP contribution in [0.3, 0.4) is 0 Å². The standard InChI is InChI=1S/C50H64O8Si2/c1-48(2,3)59(37-21-13-9-14-22-37,38-23-15-10-16-24-38)57-44-42(33-36-34-52-50(7,8)56-36)55-46-45(44)54-41-30-29-35(31-32-51)53-43(41)47(46)58-60(49(4,5)6,39-25-17-11-18-26-39)40-27-19-12-20-28-40/h9-28,32,35-36,41-47H,29-31,33-34H2,1-8H3/t35-,36-,41+,42-,43+,44+,45+,46-,47+/m1/s1. The van der Waals surface area contributed by atoms with E-state index in [1.165, 1.54) is 20.7 Å². The highest BCUT2D eigenvalue weighted by Gasteiger charge is 2.64. The number of hydrogen-bond donors (Lipinski definition) is 0. The molecule has 4 aliphatic rings. The van der Waals surface area contributed by atoms with Gasteiger partial charge in [0.15, 0.2) is 5.79 Å². The van der Waals surface area contributed by atoms with Gasteiger partial charge in [-0.05, 0) is 57.5 Å². The first kappa shape index (κ1) is 43.4. The molecule has 4 aromatic rings. The molecule has 4 fully saturated rings. The summed E-state index contributed by atoms with van der Waals surface area (Å²) in [7, 11) is -6.28. The topological polar surface area (TPSA) is 81.7 Å². The van der Waals surface area contributed by atoms with E-state index in [0.717, 1.165) is 19.1 Å². The Labute approximate surface area is 359 Å². The van der Waals surface area contributed by atoms with Crippen molar-refractivity contribution >= 4 is 43.7 Å². The van der Waals surface area contributed by atoms with Crippen molar-refractivity contribution < 1.29 is 37.3 Å². The number of rotatable bonds is 12. The third-order valence-electron chi connectivity index (χ3n) is 13.2. The molecule has 8 rings (SSSR count). The first-order chi connectivity index (χ1) is 28.7. The monoisotopic (exact) mass is 848 g/mol. The van der Waals surface area contributed by atoms with Crippen LogP contribution in [0.1, 0.15) is 81.1 Å². The largest absolute Gasteiger partial charge is 0.399 e. The summed E-state index contributed by atoms with van der Waals surface area (Å²) in [5.74, 6) is -0.702. The van der Waals surface area contributed by atoms with E-state index in [2.05, 4.69) is 163 Å². The summed E-state index contributed by atoms with van der Waals surface area (Å²) in [6, 6.07) is 43.1. The molecule has 320 valence electrons. The zero-order valence-electron chi connectivity index (χ0n) is 36.6. The van der Waals surface area contributed by atoms with Crippen molar-refractivity contribution in [3.63, 3.8) is 0 Å². The van der Waals surface area contributed by atoms with Gasteiger partial charge in [-0.3, -0.25) is 0 Å². The Morgan fingerprint density at radius 1 is 0.600 bits per heavy atom. The molecule has 0 radical (unpaired) electrons. The van der Waals surface area contributed by atoms with E-state index in [0.29, 0.717) is 19.4 Å². The summed E-state index contributed by atoms with van der Waals surface area (Å²) in [5.41, 5.74) is 0. The molecule has 4 aliphatic heterocycles. The summed E-state index contributed by atoms with van der Waals surface area (Å²) in [5, 5.41) is 4.15. The van der Waals surface area contributed by atoms with Gasteiger partial charge in [0, 0.05) is 12.8 Å². The van der Waals surface area contributed by atoms with Crippen molar-refractivity contribution in [2.75, 3.05) is 6.61 Å². The molecule has 10 heteroatoms. The number of ether oxygens (including phenoxy) is 5. The van der Waals surface area contributed by atoms with Crippen molar-refractivity contribution in [2.24, 2.45) is 0 Å². The summed E-state index contributed by atoms with van der Waals surface area (Å²) in [6.07, 6.45) is -0.379. The van der Waals surface area contributed by atoms with Gasteiger partial charge in [-0.2, -0.15) is 0 Å². The number of aldehydes is 1. The Kier molecular flexibility index (Phi) is 12.4. The van der Waals surface area contributed by atoms with Crippen molar-refractivity contribution in [2.45, 2.75) is 152 Å². The van der Waals surface area contributed by atoms with Crippen LogP contribution in [-0.2, 0) is 37.3 Å². The first-order valence-electron chi connectivity index (χ1n) is 22.0. The van der Waals surface area contributed by atoms with E-state index in [-0.39, 0.29) is 28.4 Å². The van der Waals surface area contributed by atoms with Crippen LogP contribution in [0.4, 0.5) is 0 Å². The molecular weight excluding hydrogens is 785 g/mol. The lowest BCUT2D eigenvalue weighted by Crippen LogP contribution is -2.73. The molecule has 0 aliphatic carbocycles. The van der Waals surface area contributed by atoms with E-state index >= 15 is 0 Å². The SMILES string of the molecule is CC1(C)OC[C@@H](C[C@H]2O[C@H]3[C@@H](O[Si](c4ccccc4)(c4ccccc4)C(C)(C)C)[C@H]4O[C@@H](CC=O)CC[C@@H]4O[C@H]3[C@H]2O[Si](c2ccccc2)(c2ccccc2)C(C)(C)C)O1. The number of hydrogen-bond acceptors (Lipinski definition) is 8. The predicted octanol–water partition coefficient (Wildman–Crippen LogP) is 7.09. The first-order valence-corrected chi connectivity index (χ1v) is 25.8. The van der Waals surface area contributed by atoms with Gasteiger partial charge in [-0.1, -0.05) is 163 Å². The van der Waals surface area contributed by atoms with E-state index < -0.39 is 59.0 Å². The van der Waals surface area contributed by atoms with Crippen LogP contribution >= 0.6 is 0 Å². The molecule has 4 saturated heterocycles.